The summed E-state index contributed by atoms with van der Waals surface area (Å²) in [5, 5.41) is 12.1. The number of carbonyl (C=O) groups excluding carboxylic acids is 1. The second kappa shape index (κ2) is 6.82. The smallest absolute Gasteiger partial charge is 0.270 e. The van der Waals surface area contributed by atoms with Gasteiger partial charge in [-0.3, -0.25) is 4.79 Å². The lowest BCUT2D eigenvalue weighted by molar-refractivity contribution is 0.0212. The molecule has 4 rings (SSSR count). The van der Waals surface area contributed by atoms with Crippen molar-refractivity contribution in [2.75, 3.05) is 13.1 Å². The number of para-hydroxylation sites is 1. The number of carbonyl (C=O) groups is 1. The fourth-order valence-corrected chi connectivity index (χ4v) is 4.03. The molecule has 2 heterocycles. The first kappa shape index (κ1) is 17.7. The topological polar surface area (TPSA) is 56.3 Å². The first-order valence-corrected chi connectivity index (χ1v) is 9.33. The van der Waals surface area contributed by atoms with E-state index in [1.807, 2.05) is 31.2 Å². The number of aromatic amines is 1. The van der Waals surface area contributed by atoms with Crippen LogP contribution in [0.1, 0.15) is 40.9 Å². The largest absolute Gasteiger partial charge is 0.385 e. The van der Waals surface area contributed by atoms with Crippen LogP contribution in [-0.2, 0) is 5.60 Å². The first-order valence-electron chi connectivity index (χ1n) is 9.33. The Hall–Kier alpha value is -2.66. The Kier molecular flexibility index (Phi) is 4.48. The normalized spacial score (nSPS) is 20.6. The number of benzene rings is 2. The minimum atomic E-state index is -1.03. The molecular weight excluding hydrogens is 343 g/mol. The van der Waals surface area contributed by atoms with Gasteiger partial charge < -0.3 is 15.0 Å². The Bertz CT molecular complexity index is 980. The van der Waals surface area contributed by atoms with Crippen molar-refractivity contribution in [3.05, 3.63) is 71.2 Å². The predicted octanol–water partition coefficient (Wildman–Crippen LogP) is 4.13. The average Bonchev–Trinajstić information content (AvgIpc) is 2.87. The molecule has 1 fully saturated rings. The molecule has 0 spiro atoms. The zero-order valence-electron chi connectivity index (χ0n) is 15.3. The molecule has 5 heteroatoms. The summed E-state index contributed by atoms with van der Waals surface area (Å²) in [5.41, 5.74) is 2.20. The van der Waals surface area contributed by atoms with Gasteiger partial charge in [0.25, 0.3) is 5.91 Å². The number of H-pyrrole nitrogens is 1. The lowest BCUT2D eigenvalue weighted by Gasteiger charge is -2.27. The fourth-order valence-electron chi connectivity index (χ4n) is 4.03. The van der Waals surface area contributed by atoms with Gasteiger partial charge in [0, 0.05) is 24.0 Å². The van der Waals surface area contributed by atoms with Gasteiger partial charge in [0.05, 0.1) is 5.60 Å². The molecule has 1 aliphatic heterocycles. The number of nitrogens with one attached hydrogen (secondary N) is 1. The molecule has 0 radical (unpaired) electrons. The SMILES string of the molecule is Cc1c(C(=O)N2CCC[C@](O)(c3ccc(F)cc3)CC2)[nH]c2ccccc12. The van der Waals surface area contributed by atoms with Crippen LogP contribution in [0.5, 0.6) is 0 Å². The third-order valence-corrected chi connectivity index (χ3v) is 5.66. The number of aliphatic hydroxyl groups is 1. The van der Waals surface area contributed by atoms with Crippen LogP contribution >= 0.6 is 0 Å². The van der Waals surface area contributed by atoms with Crippen molar-refractivity contribution in [1.82, 2.24) is 9.88 Å². The zero-order valence-corrected chi connectivity index (χ0v) is 15.3. The van der Waals surface area contributed by atoms with E-state index in [9.17, 15) is 14.3 Å². The third kappa shape index (κ3) is 3.23. The lowest BCUT2D eigenvalue weighted by atomic mass is 9.87. The van der Waals surface area contributed by atoms with Crippen LogP contribution in [0.4, 0.5) is 4.39 Å². The van der Waals surface area contributed by atoms with Crippen LogP contribution in [0.25, 0.3) is 10.9 Å². The lowest BCUT2D eigenvalue weighted by Crippen LogP contribution is -2.34. The van der Waals surface area contributed by atoms with Gasteiger partial charge in [-0.1, -0.05) is 30.3 Å². The van der Waals surface area contributed by atoms with Gasteiger partial charge in [0.1, 0.15) is 11.5 Å². The third-order valence-electron chi connectivity index (χ3n) is 5.66. The van der Waals surface area contributed by atoms with Crippen LogP contribution in [0.2, 0.25) is 0 Å². The van der Waals surface area contributed by atoms with Crippen molar-refractivity contribution < 1.29 is 14.3 Å². The number of likely N-dealkylation sites (tertiary alicyclic amines) is 1. The van der Waals surface area contributed by atoms with Gasteiger partial charge in [-0.25, -0.2) is 4.39 Å². The van der Waals surface area contributed by atoms with Crippen molar-refractivity contribution in [2.45, 2.75) is 31.8 Å². The van der Waals surface area contributed by atoms with Crippen molar-refractivity contribution in [3.8, 4) is 0 Å². The van der Waals surface area contributed by atoms with Gasteiger partial charge in [-0.05, 0) is 55.5 Å². The number of amides is 1. The highest BCUT2D eigenvalue weighted by atomic mass is 19.1. The molecule has 140 valence electrons. The summed E-state index contributed by atoms with van der Waals surface area (Å²) in [6, 6.07) is 13.9. The molecule has 0 saturated carbocycles. The number of hydrogen-bond donors (Lipinski definition) is 2. The van der Waals surface area contributed by atoms with Crippen LogP contribution in [0.3, 0.4) is 0 Å². The monoisotopic (exact) mass is 366 g/mol. The van der Waals surface area contributed by atoms with Crippen molar-refractivity contribution in [2.24, 2.45) is 0 Å². The molecule has 2 aromatic carbocycles. The summed E-state index contributed by atoms with van der Waals surface area (Å²) in [6.45, 7) is 3.01. The van der Waals surface area contributed by atoms with Gasteiger partial charge in [0.15, 0.2) is 0 Å². The van der Waals surface area contributed by atoms with E-state index in [1.165, 1.54) is 12.1 Å². The van der Waals surface area contributed by atoms with E-state index < -0.39 is 5.60 Å². The van der Waals surface area contributed by atoms with E-state index in [2.05, 4.69) is 4.98 Å². The fraction of sp³-hybridized carbons (Fsp3) is 0.318. The Balaban J connectivity index is 1.56. The van der Waals surface area contributed by atoms with Crippen LogP contribution in [0.15, 0.2) is 48.5 Å². The summed E-state index contributed by atoms with van der Waals surface area (Å²) >= 11 is 0. The number of aryl methyl sites for hydroxylation is 1. The molecule has 27 heavy (non-hydrogen) atoms. The van der Waals surface area contributed by atoms with Crippen molar-refractivity contribution >= 4 is 16.8 Å². The molecule has 4 nitrogen and oxygen atoms in total. The molecule has 1 aliphatic rings. The van der Waals surface area contributed by atoms with Gasteiger partial charge in [0.2, 0.25) is 0 Å². The van der Waals surface area contributed by atoms with Crippen LogP contribution in [0, 0.1) is 12.7 Å². The summed E-state index contributed by atoms with van der Waals surface area (Å²) in [7, 11) is 0. The molecule has 1 amide bonds. The van der Waals surface area contributed by atoms with E-state index in [0.717, 1.165) is 16.5 Å². The quantitative estimate of drug-likeness (QED) is 0.716. The van der Waals surface area contributed by atoms with Crippen molar-refractivity contribution in [1.29, 1.82) is 0 Å². The number of aromatic nitrogens is 1. The highest BCUT2D eigenvalue weighted by molar-refractivity contribution is 6.00. The summed E-state index contributed by atoms with van der Waals surface area (Å²) in [4.78, 5) is 18.1. The van der Waals surface area contributed by atoms with Crippen LogP contribution < -0.4 is 0 Å². The Morgan fingerprint density at radius 2 is 1.85 bits per heavy atom. The summed E-state index contributed by atoms with van der Waals surface area (Å²) in [6.07, 6.45) is 1.68. The van der Waals surface area contributed by atoms with E-state index in [0.29, 0.717) is 43.6 Å². The predicted molar refractivity (Wildman–Crippen MR) is 103 cm³/mol. The molecule has 1 saturated heterocycles. The molecule has 0 bridgehead atoms. The maximum atomic E-state index is 13.2. The highest BCUT2D eigenvalue weighted by Gasteiger charge is 2.34. The molecule has 2 N–H and O–H groups in total. The molecule has 1 atom stereocenters. The Labute approximate surface area is 157 Å². The first-order chi connectivity index (χ1) is 13.0. The van der Waals surface area contributed by atoms with E-state index >= 15 is 0 Å². The Morgan fingerprint density at radius 1 is 1.11 bits per heavy atom. The second-order valence-corrected chi connectivity index (χ2v) is 7.35. The maximum Gasteiger partial charge on any atom is 0.270 e. The standard InChI is InChI=1S/C22H23FN2O2/c1-15-18-5-2-3-6-19(18)24-20(15)21(26)25-13-4-11-22(27,12-14-25)16-7-9-17(23)10-8-16/h2-3,5-10,24,27H,4,11-14H2,1H3/t22-/m1/s1. The molecule has 3 aromatic rings. The number of fused-ring (bicyclic) bond motifs is 1. The van der Waals surface area contributed by atoms with E-state index in [1.54, 1.807) is 17.0 Å². The number of rotatable bonds is 2. The van der Waals surface area contributed by atoms with E-state index in [4.69, 9.17) is 0 Å². The van der Waals surface area contributed by atoms with Gasteiger partial charge in [-0.15, -0.1) is 0 Å². The average molecular weight is 366 g/mol. The summed E-state index contributed by atoms with van der Waals surface area (Å²) in [5.74, 6) is -0.353. The Morgan fingerprint density at radius 3 is 2.59 bits per heavy atom. The molecule has 0 unspecified atom stereocenters. The van der Waals surface area contributed by atoms with Gasteiger partial charge in [-0.2, -0.15) is 0 Å². The minimum absolute atomic E-state index is 0.0351. The van der Waals surface area contributed by atoms with Crippen LogP contribution in [-0.4, -0.2) is 34.0 Å². The molecule has 0 aliphatic carbocycles. The van der Waals surface area contributed by atoms with E-state index in [-0.39, 0.29) is 11.7 Å². The van der Waals surface area contributed by atoms with Crippen molar-refractivity contribution in [3.63, 3.8) is 0 Å². The number of hydrogen-bond acceptors (Lipinski definition) is 2. The molecule has 1 aromatic heterocycles. The summed E-state index contributed by atoms with van der Waals surface area (Å²) < 4.78 is 13.2. The molecular formula is C22H23FN2O2. The minimum Gasteiger partial charge on any atom is -0.385 e. The second-order valence-electron chi connectivity index (χ2n) is 7.35. The number of halogens is 1. The maximum absolute atomic E-state index is 13.2. The van der Waals surface area contributed by atoms with Gasteiger partial charge >= 0.3 is 0 Å². The zero-order chi connectivity index (χ0) is 19.0. The highest BCUT2D eigenvalue weighted by Crippen LogP contribution is 2.33. The number of nitrogens with zero attached hydrogens (tertiary/aromatic N) is 1.